The number of H-pyrrole nitrogens is 1. The largest absolute Gasteiger partial charge is 0.461 e. The molecule has 0 radical (unpaired) electrons. The van der Waals surface area contributed by atoms with Crippen molar-refractivity contribution in [2.75, 3.05) is 44.3 Å². The Balaban J connectivity index is 1.20. The van der Waals surface area contributed by atoms with Gasteiger partial charge in [-0.1, -0.05) is 11.6 Å². The molecule has 4 fully saturated rings. The summed E-state index contributed by atoms with van der Waals surface area (Å²) >= 11 is 6.93. The maximum atomic E-state index is 17.2. The molecule has 4 aromatic rings. The minimum Gasteiger partial charge on any atom is -0.461 e. The van der Waals surface area contributed by atoms with Gasteiger partial charge >= 0.3 is 12.1 Å². The minimum absolute atomic E-state index is 0.0412. The summed E-state index contributed by atoms with van der Waals surface area (Å²) in [6.07, 6.45) is 9.04. The van der Waals surface area contributed by atoms with Crippen molar-refractivity contribution in [3.63, 3.8) is 0 Å². The molecule has 1 aromatic carbocycles. The van der Waals surface area contributed by atoms with Crippen LogP contribution in [-0.4, -0.2) is 87.1 Å². The van der Waals surface area contributed by atoms with Gasteiger partial charge in [0.25, 0.3) is 0 Å². The van der Waals surface area contributed by atoms with Crippen LogP contribution in [0.4, 0.5) is 19.4 Å². The Kier molecular flexibility index (Phi) is 7.19. The molecule has 6 aliphatic rings. The summed E-state index contributed by atoms with van der Waals surface area (Å²) in [4.78, 5) is 31.4. The average molecular weight is 677 g/mol. The Morgan fingerprint density at radius 2 is 2.10 bits per heavy atom. The lowest BCUT2D eigenvalue weighted by Gasteiger charge is -2.34. The molecule has 250 valence electrons. The highest BCUT2D eigenvalue weighted by atomic mass is 35.5. The van der Waals surface area contributed by atoms with E-state index in [2.05, 4.69) is 25.4 Å². The number of carbonyl (C=O) groups is 1. The molecule has 4 atom stereocenters. The predicted octanol–water partition coefficient (Wildman–Crippen LogP) is 6.03. The third kappa shape index (κ3) is 4.96. The molecule has 10 rings (SSSR count). The molecule has 1 amide bonds. The first-order valence-corrected chi connectivity index (χ1v) is 17.1. The second-order valence-corrected chi connectivity index (χ2v) is 14.3. The number of anilines is 1. The fourth-order valence-corrected chi connectivity index (χ4v) is 8.91. The van der Waals surface area contributed by atoms with Crippen LogP contribution in [0.15, 0.2) is 30.4 Å². The zero-order chi connectivity index (χ0) is 32.6. The predicted molar refractivity (Wildman–Crippen MR) is 175 cm³/mol. The number of alkyl carbamates (subject to hydrolysis) is 1. The number of piperidine rings is 1. The highest BCUT2D eigenvalue weighted by molar-refractivity contribution is 6.33. The molecule has 48 heavy (non-hydrogen) atoms. The fraction of sp³-hybridized carbons (Fsp3) is 0.500. The van der Waals surface area contributed by atoms with Gasteiger partial charge in [0.15, 0.2) is 5.82 Å². The summed E-state index contributed by atoms with van der Waals surface area (Å²) in [5.41, 5.74) is 2.68. The monoisotopic (exact) mass is 676 g/mol. The third-order valence-electron chi connectivity index (χ3n) is 11.0. The van der Waals surface area contributed by atoms with E-state index >= 15 is 4.39 Å². The molecule has 14 heteroatoms. The van der Waals surface area contributed by atoms with Crippen molar-refractivity contribution in [2.24, 2.45) is 5.92 Å². The molecule has 8 heterocycles. The molecular formula is C34H35ClF2N8O3. The van der Waals surface area contributed by atoms with Crippen molar-refractivity contribution in [3.05, 3.63) is 46.8 Å². The molecule has 3 aromatic heterocycles. The van der Waals surface area contributed by atoms with Gasteiger partial charge in [0, 0.05) is 47.8 Å². The summed E-state index contributed by atoms with van der Waals surface area (Å²) in [6, 6.07) is 1.68. The van der Waals surface area contributed by atoms with E-state index in [1.165, 1.54) is 0 Å². The van der Waals surface area contributed by atoms with Gasteiger partial charge in [-0.3, -0.25) is 15.0 Å². The molecular weight excluding hydrogens is 642 g/mol. The number of pyridine rings is 1. The normalized spacial score (nSPS) is 28.0. The molecule has 0 spiro atoms. The Hall–Kier alpha value is -4.10. The number of hydrogen-bond acceptors (Lipinski definition) is 9. The van der Waals surface area contributed by atoms with Gasteiger partial charge in [0.2, 0.25) is 0 Å². The van der Waals surface area contributed by atoms with Gasteiger partial charge < -0.3 is 19.7 Å². The maximum Gasteiger partial charge on any atom is 0.407 e. The Morgan fingerprint density at radius 3 is 3.00 bits per heavy atom. The van der Waals surface area contributed by atoms with Gasteiger partial charge in [-0.2, -0.15) is 15.1 Å². The van der Waals surface area contributed by atoms with Crippen molar-refractivity contribution in [3.8, 4) is 17.3 Å². The maximum absolute atomic E-state index is 17.2. The van der Waals surface area contributed by atoms with Gasteiger partial charge in [0.1, 0.15) is 23.6 Å². The van der Waals surface area contributed by atoms with Crippen LogP contribution in [-0.2, 0) is 4.74 Å². The number of hydrogen-bond donors (Lipinski definition) is 2. The number of fused-ring (bicyclic) bond motifs is 7. The number of rotatable bonds is 3. The van der Waals surface area contributed by atoms with Crippen LogP contribution in [0.1, 0.15) is 56.4 Å². The van der Waals surface area contributed by atoms with Crippen molar-refractivity contribution in [2.45, 2.75) is 62.4 Å². The first-order chi connectivity index (χ1) is 23.4. The van der Waals surface area contributed by atoms with Gasteiger partial charge in [-0.05, 0) is 80.5 Å². The highest BCUT2D eigenvalue weighted by Gasteiger charge is 2.47. The summed E-state index contributed by atoms with van der Waals surface area (Å²) < 4.78 is 42.7. The topological polar surface area (TPSA) is 121 Å². The second-order valence-electron chi connectivity index (χ2n) is 13.9. The molecule has 11 nitrogen and oxygen atoms in total. The quantitative estimate of drug-likeness (QED) is 0.268. The number of nitrogens with zero attached hydrogens (tertiary/aromatic N) is 6. The number of nitrogens with one attached hydrogen (secondary N) is 2. The van der Waals surface area contributed by atoms with Crippen LogP contribution in [0.3, 0.4) is 0 Å². The van der Waals surface area contributed by atoms with Crippen molar-refractivity contribution in [1.29, 1.82) is 0 Å². The minimum atomic E-state index is -0.595. The standard InChI is InChI=1S/C34H35ClF2N8O3/c35-24-10-25-22(14-39-43-25)27-26(24)21-9-19(21)4-8-47-33(46)40-20-3-1-6-44(16-20)31-23-13-38-30(27)28(37)29(23)41-32(42-31)48-17-34-5-2-7-45(34)15-18(11-34)12-36/h10,12-14,19-21H,1-9,11,15-17H2,(H,39,43)(H,40,46)/b18-12-/t19-,20-,21+,34+/m1/s1. The first-order valence-electron chi connectivity index (χ1n) is 16.8. The van der Waals surface area contributed by atoms with Crippen molar-refractivity contribution < 1.29 is 23.0 Å². The summed E-state index contributed by atoms with van der Waals surface area (Å²) in [7, 11) is 0. The Labute approximate surface area is 280 Å². The smallest absolute Gasteiger partial charge is 0.407 e. The second kappa shape index (κ2) is 11.5. The van der Waals surface area contributed by atoms with Crippen LogP contribution >= 0.6 is 11.6 Å². The molecule has 2 N–H and O–H groups in total. The SMILES string of the molecule is O=C1N[C@@H]2CCCN(C2)c2nc(OC[C@@]34CCCN3C/C(=C\F)C4)nc3c(F)c(ncc23)-c2c(c(Cl)cc3[nH]ncc23)[C@H]2C[C@H]2CCO1. The van der Waals surface area contributed by atoms with Crippen LogP contribution in [0, 0.1) is 11.7 Å². The zero-order valence-electron chi connectivity index (χ0n) is 26.3. The van der Waals surface area contributed by atoms with Crippen molar-refractivity contribution >= 4 is 45.3 Å². The van der Waals surface area contributed by atoms with E-state index in [4.69, 9.17) is 31.0 Å². The van der Waals surface area contributed by atoms with Crippen LogP contribution in [0.5, 0.6) is 6.01 Å². The van der Waals surface area contributed by atoms with E-state index < -0.39 is 11.9 Å². The van der Waals surface area contributed by atoms with E-state index in [0.717, 1.165) is 49.8 Å². The lowest BCUT2D eigenvalue weighted by molar-refractivity contribution is 0.108. The molecule has 3 saturated heterocycles. The van der Waals surface area contributed by atoms with Crippen molar-refractivity contribution in [1.82, 2.24) is 35.4 Å². The van der Waals surface area contributed by atoms with Gasteiger partial charge in [-0.25, -0.2) is 13.6 Å². The lowest BCUT2D eigenvalue weighted by Crippen LogP contribution is -2.48. The van der Waals surface area contributed by atoms with E-state index in [1.807, 2.05) is 11.0 Å². The summed E-state index contributed by atoms with van der Waals surface area (Å²) in [6.45, 7) is 3.06. The lowest BCUT2D eigenvalue weighted by atomic mass is 9.94. The van der Waals surface area contributed by atoms with Gasteiger partial charge in [0.05, 0.1) is 35.6 Å². The number of aromatic nitrogens is 5. The number of benzene rings is 1. The highest BCUT2D eigenvalue weighted by Crippen LogP contribution is 2.56. The van der Waals surface area contributed by atoms with E-state index in [0.29, 0.717) is 71.5 Å². The number of carbonyl (C=O) groups excluding carboxylic acids is 1. The van der Waals surface area contributed by atoms with E-state index in [9.17, 15) is 9.18 Å². The summed E-state index contributed by atoms with van der Waals surface area (Å²) in [5.74, 6) is 0.146. The number of halogens is 3. The van der Waals surface area contributed by atoms with Crippen LogP contribution < -0.4 is 15.0 Å². The van der Waals surface area contributed by atoms with Gasteiger partial charge in [-0.15, -0.1) is 0 Å². The zero-order valence-corrected chi connectivity index (χ0v) is 27.0. The summed E-state index contributed by atoms with van der Waals surface area (Å²) in [5, 5.41) is 11.9. The molecule has 6 bridgehead atoms. The Bertz CT molecular complexity index is 1990. The first kappa shape index (κ1) is 30.0. The van der Waals surface area contributed by atoms with E-state index in [-0.39, 0.29) is 53.9 Å². The molecule has 0 unspecified atom stereocenters. The van der Waals surface area contributed by atoms with Crippen LogP contribution in [0.2, 0.25) is 5.02 Å². The fourth-order valence-electron chi connectivity index (χ4n) is 8.56. The number of ether oxygens (including phenoxy) is 2. The number of amides is 1. The molecule has 5 aliphatic heterocycles. The third-order valence-corrected chi connectivity index (χ3v) is 11.3. The molecule has 1 aliphatic carbocycles. The van der Waals surface area contributed by atoms with E-state index in [1.54, 1.807) is 12.4 Å². The molecule has 1 saturated carbocycles. The Morgan fingerprint density at radius 1 is 1.19 bits per heavy atom. The number of aromatic amines is 1. The van der Waals surface area contributed by atoms with Crippen LogP contribution in [0.25, 0.3) is 33.1 Å². The average Bonchev–Trinajstić information content (AvgIpc) is 3.35.